The smallest absolute Gasteiger partial charge is 0.234 e. The van der Waals surface area contributed by atoms with Crippen LogP contribution in [0.2, 0.25) is 0 Å². The number of nitrogens with one attached hydrogen (secondary N) is 1. The van der Waals surface area contributed by atoms with Gasteiger partial charge in [0.1, 0.15) is 34.5 Å². The Morgan fingerprint density at radius 1 is 1.29 bits per heavy atom. The van der Waals surface area contributed by atoms with Crippen molar-refractivity contribution >= 4 is 44.9 Å². The molecule has 0 bridgehead atoms. The number of benzene rings is 1. The number of carbonyl (C=O) groups excluding carboxylic acids is 1. The van der Waals surface area contributed by atoms with Crippen LogP contribution in [0.5, 0.6) is 0 Å². The maximum atomic E-state index is 14.3. The molecule has 0 aliphatic heterocycles. The summed E-state index contributed by atoms with van der Waals surface area (Å²) < 4.78 is 15.6. The second kappa shape index (κ2) is 7.64. The van der Waals surface area contributed by atoms with Crippen LogP contribution in [0.25, 0.3) is 15.9 Å². The van der Waals surface area contributed by atoms with E-state index in [9.17, 15) is 9.18 Å². The molecule has 10 heteroatoms. The fourth-order valence-electron chi connectivity index (χ4n) is 2.69. The summed E-state index contributed by atoms with van der Waals surface area (Å²) in [5.41, 5.74) is 1.77. The van der Waals surface area contributed by atoms with E-state index in [1.165, 1.54) is 52.4 Å². The molecule has 3 aromatic heterocycles. The number of nitrogens with zero attached hydrogens (tertiary/aromatic N) is 5. The molecule has 142 valence electrons. The first kappa shape index (κ1) is 18.5. The first-order chi connectivity index (χ1) is 13.5. The number of thioether (sulfide) groups is 1. The lowest BCUT2D eigenvalue weighted by atomic mass is 10.2. The van der Waals surface area contributed by atoms with E-state index in [0.29, 0.717) is 5.69 Å². The van der Waals surface area contributed by atoms with Crippen LogP contribution in [0.4, 0.5) is 10.1 Å². The second-order valence-electron chi connectivity index (χ2n) is 5.99. The van der Waals surface area contributed by atoms with Crippen molar-refractivity contribution in [2.24, 2.45) is 0 Å². The Balaban J connectivity index is 1.45. The van der Waals surface area contributed by atoms with Crippen LogP contribution in [-0.4, -0.2) is 36.4 Å². The molecule has 7 nitrogen and oxygen atoms in total. The lowest BCUT2D eigenvalue weighted by molar-refractivity contribution is -0.113. The van der Waals surface area contributed by atoms with Crippen LogP contribution in [0, 0.1) is 19.7 Å². The minimum Gasteiger partial charge on any atom is -0.325 e. The van der Waals surface area contributed by atoms with Gasteiger partial charge in [0.15, 0.2) is 5.82 Å². The summed E-state index contributed by atoms with van der Waals surface area (Å²) in [6, 6.07) is 4.42. The summed E-state index contributed by atoms with van der Waals surface area (Å²) in [5, 5.41) is 8.37. The van der Waals surface area contributed by atoms with Crippen molar-refractivity contribution in [1.82, 2.24) is 24.7 Å². The normalized spacial score (nSPS) is 11.1. The third-order valence-electron chi connectivity index (χ3n) is 4.17. The van der Waals surface area contributed by atoms with Crippen molar-refractivity contribution in [3.8, 4) is 5.69 Å². The highest BCUT2D eigenvalue weighted by molar-refractivity contribution is 8.00. The molecule has 4 rings (SSSR count). The second-order valence-corrected chi connectivity index (χ2v) is 8.15. The standard InChI is InChI=1S/C18H15FN6OS2/c1-10-11(2)28-18-16(10)17(21-8-22-18)27-6-15(26)24-12-3-4-14(13(19)5-12)25-9-20-7-23-25/h3-5,7-9H,6H2,1-2H3,(H,24,26). The van der Waals surface area contributed by atoms with Crippen molar-refractivity contribution < 1.29 is 9.18 Å². The number of hydrogen-bond acceptors (Lipinski definition) is 7. The SMILES string of the molecule is Cc1sc2ncnc(SCC(=O)Nc3ccc(-n4cncn4)c(F)c3)c2c1C. The number of thiophene rings is 1. The van der Waals surface area contributed by atoms with Crippen molar-refractivity contribution in [1.29, 1.82) is 0 Å². The molecule has 1 N–H and O–H groups in total. The molecule has 0 saturated heterocycles. The maximum absolute atomic E-state index is 14.3. The molecule has 4 aromatic rings. The lowest BCUT2D eigenvalue weighted by Crippen LogP contribution is -2.14. The zero-order valence-corrected chi connectivity index (χ0v) is 16.6. The van der Waals surface area contributed by atoms with Crippen LogP contribution in [-0.2, 0) is 4.79 Å². The summed E-state index contributed by atoms with van der Waals surface area (Å²) in [5.74, 6) is -0.584. The van der Waals surface area contributed by atoms with Crippen molar-refractivity contribution in [2.75, 3.05) is 11.1 Å². The zero-order valence-electron chi connectivity index (χ0n) is 15.0. The van der Waals surface area contributed by atoms with Gasteiger partial charge in [-0.1, -0.05) is 11.8 Å². The minimum absolute atomic E-state index is 0.160. The Bertz CT molecular complexity index is 1160. The monoisotopic (exact) mass is 414 g/mol. The van der Waals surface area contributed by atoms with Gasteiger partial charge in [0.25, 0.3) is 0 Å². The van der Waals surface area contributed by atoms with E-state index >= 15 is 0 Å². The summed E-state index contributed by atoms with van der Waals surface area (Å²) >= 11 is 2.95. The Morgan fingerprint density at radius 2 is 2.14 bits per heavy atom. The quantitative estimate of drug-likeness (QED) is 0.395. The molecular weight excluding hydrogens is 399 g/mol. The summed E-state index contributed by atoms with van der Waals surface area (Å²) in [7, 11) is 0. The Hall–Kier alpha value is -2.85. The van der Waals surface area contributed by atoms with Gasteiger partial charge in [-0.05, 0) is 37.6 Å². The zero-order chi connectivity index (χ0) is 19.7. The van der Waals surface area contributed by atoms with E-state index in [4.69, 9.17) is 0 Å². The van der Waals surface area contributed by atoms with E-state index in [0.717, 1.165) is 20.8 Å². The van der Waals surface area contributed by atoms with Gasteiger partial charge in [0, 0.05) is 16.0 Å². The molecule has 1 amide bonds. The number of amides is 1. The van der Waals surface area contributed by atoms with Crippen LogP contribution in [0.3, 0.4) is 0 Å². The molecule has 0 aliphatic rings. The lowest BCUT2D eigenvalue weighted by Gasteiger charge is -2.08. The fourth-order valence-corrected chi connectivity index (χ4v) is 4.61. The van der Waals surface area contributed by atoms with Gasteiger partial charge >= 0.3 is 0 Å². The molecule has 0 spiro atoms. The van der Waals surface area contributed by atoms with Crippen LogP contribution < -0.4 is 5.32 Å². The number of halogens is 1. The molecule has 3 heterocycles. The summed E-state index contributed by atoms with van der Waals surface area (Å²) in [4.78, 5) is 26.8. The number of aryl methyl sites for hydroxylation is 2. The first-order valence-electron chi connectivity index (χ1n) is 8.31. The summed E-state index contributed by atoms with van der Waals surface area (Å²) in [6.07, 6.45) is 4.24. The largest absolute Gasteiger partial charge is 0.325 e. The number of carbonyl (C=O) groups is 1. The first-order valence-corrected chi connectivity index (χ1v) is 10.1. The van der Waals surface area contributed by atoms with Gasteiger partial charge in [-0.15, -0.1) is 11.3 Å². The average molecular weight is 414 g/mol. The fraction of sp³-hybridized carbons (Fsp3) is 0.167. The van der Waals surface area contributed by atoms with E-state index in [2.05, 4.69) is 25.4 Å². The molecule has 0 atom stereocenters. The third-order valence-corrected chi connectivity index (χ3v) is 6.27. The number of fused-ring (bicyclic) bond motifs is 1. The van der Waals surface area contributed by atoms with E-state index in [-0.39, 0.29) is 17.3 Å². The molecule has 1 aromatic carbocycles. The van der Waals surface area contributed by atoms with Crippen LogP contribution in [0.15, 0.2) is 42.2 Å². The third kappa shape index (κ3) is 3.60. The Labute approximate surface area is 168 Å². The van der Waals surface area contributed by atoms with E-state index in [1.807, 2.05) is 13.8 Å². The predicted molar refractivity (Wildman–Crippen MR) is 108 cm³/mol. The number of anilines is 1. The Morgan fingerprint density at radius 3 is 2.89 bits per heavy atom. The van der Waals surface area contributed by atoms with Crippen molar-refractivity contribution in [2.45, 2.75) is 18.9 Å². The highest BCUT2D eigenvalue weighted by Crippen LogP contribution is 2.34. The van der Waals surface area contributed by atoms with Crippen molar-refractivity contribution in [3.05, 3.63) is 53.4 Å². The maximum Gasteiger partial charge on any atom is 0.234 e. The van der Waals surface area contributed by atoms with E-state index < -0.39 is 5.82 Å². The molecule has 0 fully saturated rings. The summed E-state index contributed by atoms with van der Waals surface area (Å²) in [6.45, 7) is 4.07. The predicted octanol–water partition coefficient (Wildman–Crippen LogP) is 3.76. The topological polar surface area (TPSA) is 85.6 Å². The number of rotatable bonds is 5. The number of aromatic nitrogens is 5. The molecule has 28 heavy (non-hydrogen) atoms. The van der Waals surface area contributed by atoms with Crippen molar-refractivity contribution in [3.63, 3.8) is 0 Å². The van der Waals surface area contributed by atoms with Gasteiger partial charge in [0.05, 0.1) is 5.75 Å². The molecule has 0 saturated carbocycles. The molecule has 0 aliphatic carbocycles. The average Bonchev–Trinajstić information content (AvgIpc) is 3.29. The molecule has 0 unspecified atom stereocenters. The highest BCUT2D eigenvalue weighted by atomic mass is 32.2. The molecular formula is C18H15FN6OS2. The van der Waals surface area contributed by atoms with Crippen LogP contribution in [0.1, 0.15) is 10.4 Å². The number of hydrogen-bond donors (Lipinski definition) is 1. The minimum atomic E-state index is -0.502. The van der Waals surface area contributed by atoms with Gasteiger partial charge in [-0.25, -0.2) is 24.0 Å². The van der Waals surface area contributed by atoms with Gasteiger partial charge in [0.2, 0.25) is 5.91 Å². The van der Waals surface area contributed by atoms with Gasteiger partial charge in [-0.3, -0.25) is 4.79 Å². The molecule has 0 radical (unpaired) electrons. The van der Waals surface area contributed by atoms with Gasteiger partial charge in [-0.2, -0.15) is 5.10 Å². The highest BCUT2D eigenvalue weighted by Gasteiger charge is 2.14. The van der Waals surface area contributed by atoms with E-state index in [1.54, 1.807) is 17.4 Å². The van der Waals surface area contributed by atoms with Gasteiger partial charge < -0.3 is 5.32 Å². The van der Waals surface area contributed by atoms with Crippen LogP contribution >= 0.6 is 23.1 Å². The Kier molecular flexibility index (Phi) is 5.05.